The first-order chi connectivity index (χ1) is 11.8. The molecule has 1 aliphatic carbocycles. The molecule has 24 heavy (non-hydrogen) atoms. The molecule has 1 aromatic heterocycles. The molecule has 4 rings (SSSR count). The lowest BCUT2D eigenvalue weighted by Gasteiger charge is -2.28. The molecule has 3 aromatic rings. The summed E-state index contributed by atoms with van der Waals surface area (Å²) in [5.74, 6) is 0.651. The quantitative estimate of drug-likeness (QED) is 0.778. The number of nitrogens with two attached hydrogens (primary N) is 1. The van der Waals surface area contributed by atoms with Gasteiger partial charge in [0.25, 0.3) is 0 Å². The molecule has 1 heterocycles. The van der Waals surface area contributed by atoms with Crippen LogP contribution in [0.25, 0.3) is 22.6 Å². The predicted octanol–water partition coefficient (Wildman–Crippen LogP) is 4.28. The summed E-state index contributed by atoms with van der Waals surface area (Å²) in [6.07, 6.45) is 4.77. The Balaban J connectivity index is 1.44. The number of fused-ring (bicyclic) bond motifs is 1. The van der Waals surface area contributed by atoms with Crippen LogP contribution in [-0.2, 0) is 11.3 Å². The van der Waals surface area contributed by atoms with Crippen molar-refractivity contribution in [3.63, 3.8) is 0 Å². The number of rotatable bonds is 4. The number of hydrogen-bond acceptors (Lipinski definition) is 4. The van der Waals surface area contributed by atoms with Crippen molar-refractivity contribution in [3.05, 3.63) is 54.1 Å². The van der Waals surface area contributed by atoms with Crippen molar-refractivity contribution < 1.29 is 9.15 Å². The average Bonchev–Trinajstić information content (AvgIpc) is 3.06. The van der Waals surface area contributed by atoms with E-state index in [4.69, 9.17) is 14.9 Å². The van der Waals surface area contributed by atoms with Gasteiger partial charge in [0.05, 0.1) is 12.7 Å². The summed E-state index contributed by atoms with van der Waals surface area (Å²) in [5, 5.41) is 0. The molecule has 1 fully saturated rings. The van der Waals surface area contributed by atoms with Crippen LogP contribution in [0, 0.1) is 0 Å². The first-order valence-electron chi connectivity index (χ1n) is 8.62. The van der Waals surface area contributed by atoms with Crippen LogP contribution in [0.5, 0.6) is 0 Å². The maximum Gasteiger partial charge on any atom is 0.227 e. The summed E-state index contributed by atoms with van der Waals surface area (Å²) in [4.78, 5) is 4.53. The molecule has 4 heteroatoms. The highest BCUT2D eigenvalue weighted by Crippen LogP contribution is 2.25. The number of para-hydroxylation sites is 2. The van der Waals surface area contributed by atoms with Crippen LogP contribution in [0.3, 0.4) is 0 Å². The standard InChI is InChI=1S/C20H22N2O2/c21-16-5-1-3-7-18(16)23-13-14-9-11-15(12-10-14)20-22-17-6-2-4-8-19(17)24-20/h2,4,6,8-12,16,18H,1,3,5,7,13,21H2/t16-,18-/m0/s1. The molecule has 0 radical (unpaired) electrons. The minimum atomic E-state index is 0.178. The van der Waals surface area contributed by atoms with Gasteiger partial charge >= 0.3 is 0 Å². The van der Waals surface area contributed by atoms with Gasteiger partial charge in [-0.3, -0.25) is 0 Å². The lowest BCUT2D eigenvalue weighted by Crippen LogP contribution is -2.39. The molecule has 124 valence electrons. The molecule has 1 aliphatic rings. The van der Waals surface area contributed by atoms with Crippen molar-refractivity contribution >= 4 is 11.1 Å². The van der Waals surface area contributed by atoms with Crippen LogP contribution in [0.4, 0.5) is 0 Å². The van der Waals surface area contributed by atoms with E-state index in [-0.39, 0.29) is 12.1 Å². The number of benzene rings is 2. The van der Waals surface area contributed by atoms with Crippen LogP contribution in [0.15, 0.2) is 52.9 Å². The van der Waals surface area contributed by atoms with Crippen LogP contribution in [0.1, 0.15) is 31.2 Å². The predicted molar refractivity (Wildman–Crippen MR) is 94.5 cm³/mol. The molecule has 0 unspecified atom stereocenters. The van der Waals surface area contributed by atoms with Crippen molar-refractivity contribution in [2.45, 2.75) is 44.4 Å². The third-order valence-corrected chi connectivity index (χ3v) is 4.71. The van der Waals surface area contributed by atoms with Crippen LogP contribution >= 0.6 is 0 Å². The molecule has 0 spiro atoms. The Morgan fingerprint density at radius 2 is 1.83 bits per heavy atom. The number of ether oxygens (including phenoxy) is 1. The Bertz CT molecular complexity index is 777. The van der Waals surface area contributed by atoms with E-state index in [2.05, 4.69) is 17.1 Å². The second-order valence-electron chi connectivity index (χ2n) is 6.48. The highest BCUT2D eigenvalue weighted by Gasteiger charge is 2.22. The summed E-state index contributed by atoms with van der Waals surface area (Å²) in [5.41, 5.74) is 9.95. The van der Waals surface area contributed by atoms with E-state index in [1.165, 1.54) is 12.8 Å². The molecule has 2 atom stereocenters. The van der Waals surface area contributed by atoms with Crippen molar-refractivity contribution in [2.75, 3.05) is 0 Å². The van der Waals surface area contributed by atoms with E-state index in [1.54, 1.807) is 0 Å². The van der Waals surface area contributed by atoms with Gasteiger partial charge in [-0.2, -0.15) is 0 Å². The van der Waals surface area contributed by atoms with Crippen molar-refractivity contribution in [3.8, 4) is 11.5 Å². The SMILES string of the molecule is N[C@H]1CCCC[C@@H]1OCc1ccc(-c2nc3ccccc3o2)cc1. The summed E-state index contributed by atoms with van der Waals surface area (Å²) in [6, 6.07) is 16.2. The molecule has 1 saturated carbocycles. The first kappa shape index (κ1) is 15.4. The number of nitrogens with zero attached hydrogens (tertiary/aromatic N) is 1. The van der Waals surface area contributed by atoms with E-state index in [9.17, 15) is 0 Å². The Hall–Kier alpha value is -2.17. The second-order valence-corrected chi connectivity index (χ2v) is 6.48. The average molecular weight is 322 g/mol. The third kappa shape index (κ3) is 3.21. The maximum atomic E-state index is 6.13. The van der Waals surface area contributed by atoms with Crippen LogP contribution in [0.2, 0.25) is 0 Å². The van der Waals surface area contributed by atoms with Gasteiger partial charge in [-0.1, -0.05) is 37.1 Å². The van der Waals surface area contributed by atoms with Gasteiger partial charge < -0.3 is 14.9 Å². The Kier molecular flexibility index (Phi) is 4.32. The topological polar surface area (TPSA) is 61.3 Å². The van der Waals surface area contributed by atoms with Crippen molar-refractivity contribution in [1.29, 1.82) is 0 Å². The number of hydrogen-bond donors (Lipinski definition) is 1. The monoisotopic (exact) mass is 322 g/mol. The minimum absolute atomic E-state index is 0.178. The number of oxazole rings is 1. The Labute approximate surface area is 141 Å². The van der Waals surface area contributed by atoms with E-state index in [1.807, 2.05) is 36.4 Å². The second kappa shape index (κ2) is 6.75. The highest BCUT2D eigenvalue weighted by atomic mass is 16.5. The molecule has 4 nitrogen and oxygen atoms in total. The molecule has 0 bridgehead atoms. The molecule has 2 aromatic carbocycles. The van der Waals surface area contributed by atoms with Crippen LogP contribution < -0.4 is 5.73 Å². The van der Waals surface area contributed by atoms with Gasteiger partial charge in [0, 0.05) is 11.6 Å². The lowest BCUT2D eigenvalue weighted by atomic mass is 9.93. The zero-order chi connectivity index (χ0) is 16.4. The summed E-state index contributed by atoms with van der Waals surface area (Å²) < 4.78 is 11.8. The van der Waals surface area contributed by atoms with Gasteiger partial charge in [0.15, 0.2) is 5.58 Å². The number of aromatic nitrogens is 1. The van der Waals surface area contributed by atoms with Gasteiger partial charge in [-0.15, -0.1) is 0 Å². The molecule has 0 saturated heterocycles. The fourth-order valence-corrected chi connectivity index (χ4v) is 3.27. The first-order valence-corrected chi connectivity index (χ1v) is 8.62. The summed E-state index contributed by atoms with van der Waals surface area (Å²) >= 11 is 0. The molecule has 0 aliphatic heterocycles. The maximum absolute atomic E-state index is 6.13. The van der Waals surface area contributed by atoms with Gasteiger partial charge in [0.2, 0.25) is 5.89 Å². The third-order valence-electron chi connectivity index (χ3n) is 4.71. The van der Waals surface area contributed by atoms with Gasteiger partial charge in [-0.25, -0.2) is 4.98 Å². The van der Waals surface area contributed by atoms with Gasteiger partial charge in [0.1, 0.15) is 5.52 Å². The zero-order valence-electron chi connectivity index (χ0n) is 13.7. The lowest BCUT2D eigenvalue weighted by molar-refractivity contribution is 0.00405. The van der Waals surface area contributed by atoms with Crippen LogP contribution in [-0.4, -0.2) is 17.1 Å². The van der Waals surface area contributed by atoms with E-state index in [0.717, 1.165) is 35.1 Å². The fourth-order valence-electron chi connectivity index (χ4n) is 3.27. The van der Waals surface area contributed by atoms with E-state index in [0.29, 0.717) is 12.5 Å². The highest BCUT2D eigenvalue weighted by molar-refractivity contribution is 5.75. The molecule has 2 N–H and O–H groups in total. The Morgan fingerprint density at radius 1 is 1.04 bits per heavy atom. The summed E-state index contributed by atoms with van der Waals surface area (Å²) in [7, 11) is 0. The largest absolute Gasteiger partial charge is 0.436 e. The summed E-state index contributed by atoms with van der Waals surface area (Å²) in [6.45, 7) is 0.603. The van der Waals surface area contributed by atoms with Crippen molar-refractivity contribution in [1.82, 2.24) is 4.98 Å². The fraction of sp³-hybridized carbons (Fsp3) is 0.350. The van der Waals surface area contributed by atoms with Crippen molar-refractivity contribution in [2.24, 2.45) is 5.73 Å². The molecular formula is C20H22N2O2. The smallest absolute Gasteiger partial charge is 0.227 e. The minimum Gasteiger partial charge on any atom is -0.436 e. The van der Waals surface area contributed by atoms with Gasteiger partial charge in [-0.05, 0) is 42.7 Å². The molecule has 0 amide bonds. The zero-order valence-corrected chi connectivity index (χ0v) is 13.7. The van der Waals surface area contributed by atoms with E-state index < -0.39 is 0 Å². The Morgan fingerprint density at radius 3 is 2.62 bits per heavy atom. The normalized spacial score (nSPS) is 21.2. The van der Waals surface area contributed by atoms with E-state index >= 15 is 0 Å². The molecular weight excluding hydrogens is 300 g/mol.